The van der Waals surface area contributed by atoms with E-state index in [4.69, 9.17) is 0 Å². The van der Waals surface area contributed by atoms with Crippen molar-refractivity contribution in [2.75, 3.05) is 0 Å². The van der Waals surface area contributed by atoms with Gasteiger partial charge in [-0.05, 0) is 47.7 Å². The second kappa shape index (κ2) is 5.17. The van der Waals surface area contributed by atoms with Gasteiger partial charge in [-0.2, -0.15) is 0 Å². The van der Waals surface area contributed by atoms with E-state index < -0.39 is 0 Å². The summed E-state index contributed by atoms with van der Waals surface area (Å²) in [4.78, 5) is 8.87. The van der Waals surface area contributed by atoms with Crippen molar-refractivity contribution in [3.63, 3.8) is 0 Å². The minimum atomic E-state index is 0.300. The highest BCUT2D eigenvalue weighted by Crippen LogP contribution is 2.33. The molecular formula is C18H18N2O. The number of phenolic OH excluding ortho intramolecular Hbond substituents is 1. The Labute approximate surface area is 124 Å². The fourth-order valence-corrected chi connectivity index (χ4v) is 2.61. The summed E-state index contributed by atoms with van der Waals surface area (Å²) >= 11 is 0. The molecule has 0 spiro atoms. The number of fused-ring (bicyclic) bond motifs is 1. The van der Waals surface area contributed by atoms with Crippen LogP contribution in [-0.2, 0) is 0 Å². The summed E-state index contributed by atoms with van der Waals surface area (Å²) in [5.74, 6) is 0.633. The lowest BCUT2D eigenvalue weighted by molar-refractivity contribution is 0.465. The van der Waals surface area contributed by atoms with Gasteiger partial charge in [-0.3, -0.25) is 9.97 Å². The minimum Gasteiger partial charge on any atom is -0.508 e. The Hall–Kier alpha value is -2.42. The maximum Gasteiger partial charge on any atom is 0.119 e. The Morgan fingerprint density at radius 2 is 1.67 bits per heavy atom. The first-order valence-corrected chi connectivity index (χ1v) is 7.11. The zero-order valence-electron chi connectivity index (χ0n) is 12.5. The molecule has 2 aromatic heterocycles. The van der Waals surface area contributed by atoms with Gasteiger partial charge in [0, 0.05) is 18.0 Å². The van der Waals surface area contributed by atoms with Crippen LogP contribution in [0.5, 0.6) is 5.75 Å². The van der Waals surface area contributed by atoms with Crippen molar-refractivity contribution in [1.82, 2.24) is 9.97 Å². The molecule has 3 aromatic rings. The van der Waals surface area contributed by atoms with Gasteiger partial charge in [-0.1, -0.05) is 26.0 Å². The van der Waals surface area contributed by atoms with Crippen molar-refractivity contribution in [2.24, 2.45) is 0 Å². The number of benzene rings is 1. The largest absolute Gasteiger partial charge is 0.508 e. The Bertz CT molecular complexity index is 809. The number of rotatable bonds is 2. The average molecular weight is 278 g/mol. The number of phenols is 1. The summed E-state index contributed by atoms with van der Waals surface area (Å²) in [5, 5.41) is 10.2. The third kappa shape index (κ3) is 2.35. The summed E-state index contributed by atoms with van der Waals surface area (Å²) in [6.07, 6.45) is 3.59. The van der Waals surface area contributed by atoms with Crippen LogP contribution in [0, 0.1) is 6.92 Å². The first-order chi connectivity index (χ1) is 10.1. The van der Waals surface area contributed by atoms with Gasteiger partial charge in [0.1, 0.15) is 5.75 Å². The van der Waals surface area contributed by atoms with Crippen LogP contribution in [0.2, 0.25) is 0 Å². The van der Waals surface area contributed by atoms with Crippen LogP contribution in [0.15, 0.2) is 42.7 Å². The van der Waals surface area contributed by atoms with E-state index in [2.05, 4.69) is 23.8 Å². The second-order valence-corrected chi connectivity index (χ2v) is 5.61. The molecule has 3 nitrogen and oxygen atoms in total. The van der Waals surface area contributed by atoms with Crippen molar-refractivity contribution < 1.29 is 5.11 Å². The zero-order chi connectivity index (χ0) is 15.0. The van der Waals surface area contributed by atoms with Crippen LogP contribution in [-0.4, -0.2) is 15.1 Å². The fraction of sp³-hybridized carbons (Fsp3) is 0.222. The lowest BCUT2D eigenvalue weighted by Crippen LogP contribution is -1.92. The molecule has 0 amide bonds. The molecule has 1 aromatic carbocycles. The molecule has 0 bridgehead atoms. The Balaban J connectivity index is 2.22. The molecule has 2 heterocycles. The molecule has 0 saturated carbocycles. The van der Waals surface area contributed by atoms with Gasteiger partial charge < -0.3 is 5.11 Å². The summed E-state index contributed by atoms with van der Waals surface area (Å²) in [6.45, 7) is 6.17. The summed E-state index contributed by atoms with van der Waals surface area (Å²) < 4.78 is 0. The smallest absolute Gasteiger partial charge is 0.119 e. The van der Waals surface area contributed by atoms with Crippen molar-refractivity contribution >= 4 is 11.0 Å². The topological polar surface area (TPSA) is 46.0 Å². The highest BCUT2D eigenvalue weighted by Gasteiger charge is 2.11. The van der Waals surface area contributed by atoms with Crippen LogP contribution in [0.3, 0.4) is 0 Å². The van der Waals surface area contributed by atoms with E-state index in [1.165, 1.54) is 0 Å². The number of pyridine rings is 2. The van der Waals surface area contributed by atoms with E-state index in [9.17, 15) is 5.11 Å². The van der Waals surface area contributed by atoms with Crippen molar-refractivity contribution in [3.8, 4) is 16.9 Å². The quantitative estimate of drug-likeness (QED) is 0.754. The van der Waals surface area contributed by atoms with Gasteiger partial charge in [0.05, 0.1) is 11.0 Å². The van der Waals surface area contributed by atoms with Crippen molar-refractivity contribution in [1.29, 1.82) is 0 Å². The van der Waals surface area contributed by atoms with Crippen LogP contribution in [0.25, 0.3) is 22.2 Å². The molecule has 0 aliphatic carbocycles. The molecule has 0 saturated heterocycles. The lowest BCUT2D eigenvalue weighted by atomic mass is 9.97. The molecule has 0 aliphatic heterocycles. The van der Waals surface area contributed by atoms with Crippen LogP contribution >= 0.6 is 0 Å². The second-order valence-electron chi connectivity index (χ2n) is 5.61. The average Bonchev–Trinajstić information content (AvgIpc) is 2.46. The summed E-state index contributed by atoms with van der Waals surface area (Å²) in [6, 6.07) is 9.73. The standard InChI is InChI=1S/C18H18N2O/c1-11(2)14-5-4-13(10-16(14)21)15-7-9-19-17-12(3)6-8-20-18(15)17/h4-11,21H,1-3H3. The van der Waals surface area contributed by atoms with Gasteiger partial charge in [0.25, 0.3) is 0 Å². The van der Waals surface area contributed by atoms with E-state index in [1.807, 2.05) is 37.3 Å². The molecule has 0 radical (unpaired) electrons. The highest BCUT2D eigenvalue weighted by molar-refractivity contribution is 5.92. The molecule has 1 N–H and O–H groups in total. The van der Waals surface area contributed by atoms with Crippen molar-refractivity contribution in [2.45, 2.75) is 26.7 Å². The van der Waals surface area contributed by atoms with E-state index in [0.29, 0.717) is 11.7 Å². The van der Waals surface area contributed by atoms with Gasteiger partial charge in [-0.15, -0.1) is 0 Å². The molecule has 0 fully saturated rings. The first-order valence-electron chi connectivity index (χ1n) is 7.11. The number of hydrogen-bond acceptors (Lipinski definition) is 3. The predicted molar refractivity (Wildman–Crippen MR) is 85.5 cm³/mol. The Kier molecular flexibility index (Phi) is 3.34. The van der Waals surface area contributed by atoms with Gasteiger partial charge in [-0.25, -0.2) is 0 Å². The van der Waals surface area contributed by atoms with Gasteiger partial charge >= 0.3 is 0 Å². The van der Waals surface area contributed by atoms with Gasteiger partial charge in [0.15, 0.2) is 0 Å². The molecular weight excluding hydrogens is 260 g/mol. The molecule has 21 heavy (non-hydrogen) atoms. The number of aromatic nitrogens is 2. The number of aromatic hydroxyl groups is 1. The molecule has 3 rings (SSSR count). The van der Waals surface area contributed by atoms with E-state index >= 15 is 0 Å². The van der Waals surface area contributed by atoms with Crippen LogP contribution < -0.4 is 0 Å². The minimum absolute atomic E-state index is 0.300. The van der Waals surface area contributed by atoms with Gasteiger partial charge in [0.2, 0.25) is 0 Å². The molecule has 106 valence electrons. The Morgan fingerprint density at radius 1 is 0.952 bits per heavy atom. The number of aryl methyl sites for hydroxylation is 1. The molecule has 3 heteroatoms. The number of hydrogen-bond donors (Lipinski definition) is 1. The monoisotopic (exact) mass is 278 g/mol. The van der Waals surface area contributed by atoms with E-state index in [1.54, 1.807) is 12.4 Å². The maximum atomic E-state index is 10.2. The summed E-state index contributed by atoms with van der Waals surface area (Å²) in [7, 11) is 0. The molecule has 0 unspecified atom stereocenters. The van der Waals surface area contributed by atoms with Crippen LogP contribution in [0.1, 0.15) is 30.9 Å². The highest BCUT2D eigenvalue weighted by atomic mass is 16.3. The zero-order valence-corrected chi connectivity index (χ0v) is 12.5. The number of nitrogens with zero attached hydrogens (tertiary/aromatic N) is 2. The van der Waals surface area contributed by atoms with E-state index in [-0.39, 0.29) is 0 Å². The third-order valence-electron chi connectivity index (χ3n) is 3.79. The molecule has 0 atom stereocenters. The normalized spacial score (nSPS) is 11.2. The SMILES string of the molecule is Cc1ccnc2c(-c3ccc(C(C)C)c(O)c3)ccnc12. The maximum absolute atomic E-state index is 10.2. The fourth-order valence-electron chi connectivity index (χ4n) is 2.61. The Morgan fingerprint density at radius 3 is 2.38 bits per heavy atom. The lowest BCUT2D eigenvalue weighted by Gasteiger charge is -2.11. The van der Waals surface area contributed by atoms with E-state index in [0.717, 1.165) is 33.3 Å². The summed E-state index contributed by atoms with van der Waals surface area (Å²) in [5.41, 5.74) is 5.79. The van der Waals surface area contributed by atoms with Crippen LogP contribution in [0.4, 0.5) is 0 Å². The molecule has 0 aliphatic rings. The first kappa shape index (κ1) is 13.6. The predicted octanol–water partition coefficient (Wildman–Crippen LogP) is 4.43. The van der Waals surface area contributed by atoms with Crippen molar-refractivity contribution in [3.05, 3.63) is 53.9 Å². The third-order valence-corrected chi connectivity index (χ3v) is 3.79.